The maximum Gasteiger partial charge on any atom is 0.348 e. The molecule has 1 aromatic heterocycles. The number of aromatic nitrogens is 3. The Bertz CT molecular complexity index is 1480. The molecule has 0 spiro atoms. The SMILES string of the molecule is O=C(N[C@H](Cc1ccc(-c2cccc(Cl)c2)cc1)C[C@@H](O)C(=O)O)c1nn(-c2cccc(Cl)c2)c(=O)[nH]1. The lowest BCUT2D eigenvalue weighted by Gasteiger charge is -2.20. The second kappa shape index (κ2) is 11.4. The summed E-state index contributed by atoms with van der Waals surface area (Å²) in [5.74, 6) is -2.40. The number of H-pyrrole nitrogens is 1. The lowest BCUT2D eigenvalue weighted by Crippen LogP contribution is -2.41. The van der Waals surface area contributed by atoms with Crippen LogP contribution >= 0.6 is 23.2 Å². The highest BCUT2D eigenvalue weighted by atomic mass is 35.5. The zero-order valence-electron chi connectivity index (χ0n) is 19.3. The van der Waals surface area contributed by atoms with Crippen LogP contribution in [-0.4, -0.2) is 49.0 Å². The molecule has 0 unspecified atom stereocenters. The molecule has 2 atom stereocenters. The molecule has 1 amide bonds. The average Bonchev–Trinajstić information content (AvgIpc) is 3.26. The predicted octanol–water partition coefficient (Wildman–Crippen LogP) is 3.71. The Morgan fingerprint density at radius 3 is 2.30 bits per heavy atom. The maximum atomic E-state index is 12.9. The summed E-state index contributed by atoms with van der Waals surface area (Å²) in [6, 6.07) is 20.5. The molecule has 0 aliphatic rings. The van der Waals surface area contributed by atoms with Gasteiger partial charge >= 0.3 is 11.7 Å². The van der Waals surface area contributed by atoms with Gasteiger partial charge in [-0.1, -0.05) is 65.7 Å². The van der Waals surface area contributed by atoms with E-state index in [1.54, 1.807) is 24.3 Å². The Balaban J connectivity index is 1.52. The highest BCUT2D eigenvalue weighted by molar-refractivity contribution is 6.31. The van der Waals surface area contributed by atoms with Gasteiger partial charge in [-0.25, -0.2) is 9.59 Å². The van der Waals surface area contributed by atoms with Crippen LogP contribution in [0.25, 0.3) is 16.8 Å². The summed E-state index contributed by atoms with van der Waals surface area (Å²) >= 11 is 12.1. The first kappa shape index (κ1) is 26.2. The molecule has 0 fully saturated rings. The maximum absolute atomic E-state index is 12.9. The highest BCUT2D eigenvalue weighted by Gasteiger charge is 2.24. The monoisotopic (exact) mass is 540 g/mol. The number of carboxylic acid groups (broad SMARTS) is 1. The van der Waals surface area contributed by atoms with Gasteiger partial charge < -0.3 is 15.5 Å². The molecule has 4 aromatic rings. The summed E-state index contributed by atoms with van der Waals surface area (Å²) in [6.07, 6.45) is -1.72. The van der Waals surface area contributed by atoms with E-state index in [2.05, 4.69) is 15.4 Å². The minimum Gasteiger partial charge on any atom is -0.479 e. The summed E-state index contributed by atoms with van der Waals surface area (Å²) in [7, 11) is 0. The van der Waals surface area contributed by atoms with Gasteiger partial charge in [0.25, 0.3) is 5.91 Å². The summed E-state index contributed by atoms with van der Waals surface area (Å²) in [5.41, 5.74) is 2.38. The van der Waals surface area contributed by atoms with Crippen LogP contribution in [0.15, 0.2) is 77.6 Å². The number of aliphatic carboxylic acids is 1. The molecule has 37 heavy (non-hydrogen) atoms. The minimum atomic E-state index is -1.70. The Morgan fingerprint density at radius 1 is 0.973 bits per heavy atom. The Labute approximate surface area is 221 Å². The third-order valence-electron chi connectivity index (χ3n) is 5.61. The smallest absolute Gasteiger partial charge is 0.348 e. The predicted molar refractivity (Wildman–Crippen MR) is 139 cm³/mol. The van der Waals surface area contributed by atoms with Crippen molar-refractivity contribution in [2.24, 2.45) is 0 Å². The molecule has 0 saturated carbocycles. The van der Waals surface area contributed by atoms with E-state index in [0.717, 1.165) is 21.4 Å². The number of carbonyl (C=O) groups excluding carboxylic acids is 1. The molecular formula is C26H22Cl2N4O5. The number of aromatic amines is 1. The Hall–Kier alpha value is -3.92. The number of carboxylic acids is 1. The second-order valence-corrected chi connectivity index (χ2v) is 9.21. The standard InChI is InChI=1S/C26H22Cl2N4O5/c27-18-4-1-3-17(12-18)16-9-7-15(8-10-16)11-20(14-22(33)25(35)36)29-24(34)23-30-26(37)32(31-23)21-6-2-5-19(28)13-21/h1-10,12-13,20,22,33H,11,14H2,(H,29,34)(H,35,36)(H,30,31,37)/t20-,22-/m1/s1. The lowest BCUT2D eigenvalue weighted by molar-refractivity contribution is -0.147. The molecule has 0 aliphatic heterocycles. The van der Waals surface area contributed by atoms with E-state index in [1.165, 1.54) is 6.07 Å². The first-order chi connectivity index (χ1) is 17.7. The number of amides is 1. The van der Waals surface area contributed by atoms with E-state index in [0.29, 0.717) is 15.7 Å². The summed E-state index contributed by atoms with van der Waals surface area (Å²) < 4.78 is 0.996. The van der Waals surface area contributed by atoms with Gasteiger partial charge in [0.15, 0.2) is 6.10 Å². The quantitative estimate of drug-likeness (QED) is 0.255. The number of carbonyl (C=O) groups is 2. The summed E-state index contributed by atoms with van der Waals surface area (Å²) in [5, 5.41) is 26.8. The topological polar surface area (TPSA) is 137 Å². The van der Waals surface area contributed by atoms with Crippen LogP contribution in [0.2, 0.25) is 10.0 Å². The first-order valence-corrected chi connectivity index (χ1v) is 12.0. The van der Waals surface area contributed by atoms with E-state index in [-0.39, 0.29) is 18.7 Å². The number of nitrogens with zero attached hydrogens (tertiary/aromatic N) is 2. The fraction of sp³-hybridized carbons (Fsp3) is 0.154. The number of rotatable bonds is 9. The number of aliphatic hydroxyl groups excluding tert-OH is 1. The van der Waals surface area contributed by atoms with E-state index in [1.807, 2.05) is 42.5 Å². The van der Waals surface area contributed by atoms with Crippen LogP contribution in [0.1, 0.15) is 22.6 Å². The Morgan fingerprint density at radius 2 is 1.65 bits per heavy atom. The van der Waals surface area contributed by atoms with Crippen molar-refractivity contribution in [1.29, 1.82) is 0 Å². The fourth-order valence-electron chi connectivity index (χ4n) is 3.81. The minimum absolute atomic E-state index is 0.227. The van der Waals surface area contributed by atoms with Crippen LogP contribution in [0.3, 0.4) is 0 Å². The summed E-state index contributed by atoms with van der Waals surface area (Å²) in [6.45, 7) is 0. The zero-order valence-corrected chi connectivity index (χ0v) is 20.8. The Kier molecular flexibility index (Phi) is 8.08. The molecule has 0 saturated heterocycles. The molecule has 0 bridgehead atoms. The number of benzene rings is 3. The van der Waals surface area contributed by atoms with Crippen molar-refractivity contribution < 1.29 is 19.8 Å². The number of hydrogen-bond donors (Lipinski definition) is 4. The van der Waals surface area contributed by atoms with E-state index in [9.17, 15) is 24.6 Å². The molecule has 11 heteroatoms. The molecule has 3 aromatic carbocycles. The lowest BCUT2D eigenvalue weighted by atomic mass is 9.98. The summed E-state index contributed by atoms with van der Waals surface area (Å²) in [4.78, 5) is 38.9. The van der Waals surface area contributed by atoms with Gasteiger partial charge in [-0.05, 0) is 53.4 Å². The fourth-order valence-corrected chi connectivity index (χ4v) is 4.19. The second-order valence-electron chi connectivity index (χ2n) is 8.34. The average molecular weight is 541 g/mol. The first-order valence-electron chi connectivity index (χ1n) is 11.2. The van der Waals surface area contributed by atoms with E-state index >= 15 is 0 Å². The number of aliphatic hydroxyl groups is 1. The van der Waals surface area contributed by atoms with E-state index < -0.39 is 29.7 Å². The highest BCUT2D eigenvalue weighted by Crippen LogP contribution is 2.23. The van der Waals surface area contributed by atoms with Crippen molar-refractivity contribution in [3.63, 3.8) is 0 Å². The van der Waals surface area contributed by atoms with Gasteiger partial charge in [0.1, 0.15) is 0 Å². The largest absolute Gasteiger partial charge is 0.479 e. The van der Waals surface area contributed by atoms with Crippen molar-refractivity contribution in [2.45, 2.75) is 25.0 Å². The van der Waals surface area contributed by atoms with Crippen molar-refractivity contribution >= 4 is 35.1 Å². The van der Waals surface area contributed by atoms with Gasteiger partial charge in [-0.2, -0.15) is 4.68 Å². The van der Waals surface area contributed by atoms with Gasteiger partial charge in [0.05, 0.1) is 5.69 Å². The number of halogens is 2. The molecule has 1 heterocycles. The molecule has 4 rings (SSSR count). The van der Waals surface area contributed by atoms with Crippen LogP contribution < -0.4 is 11.0 Å². The number of hydrogen-bond acceptors (Lipinski definition) is 5. The molecular weight excluding hydrogens is 519 g/mol. The third-order valence-corrected chi connectivity index (χ3v) is 6.08. The van der Waals surface area contributed by atoms with Crippen molar-refractivity contribution in [2.75, 3.05) is 0 Å². The normalized spacial score (nSPS) is 12.6. The number of nitrogens with one attached hydrogen (secondary N) is 2. The van der Waals surface area contributed by atoms with Crippen molar-refractivity contribution in [3.8, 4) is 16.8 Å². The van der Waals surface area contributed by atoms with Crippen molar-refractivity contribution in [3.05, 3.63) is 105 Å². The zero-order chi connectivity index (χ0) is 26.5. The van der Waals surface area contributed by atoms with E-state index in [4.69, 9.17) is 23.2 Å². The van der Waals surface area contributed by atoms with Crippen molar-refractivity contribution in [1.82, 2.24) is 20.1 Å². The third kappa shape index (κ3) is 6.65. The van der Waals surface area contributed by atoms with Crippen LogP contribution in [0.5, 0.6) is 0 Å². The van der Waals surface area contributed by atoms with Gasteiger partial charge in [-0.15, -0.1) is 5.10 Å². The van der Waals surface area contributed by atoms with Crippen LogP contribution in [-0.2, 0) is 11.2 Å². The van der Waals surface area contributed by atoms with Gasteiger partial charge in [0.2, 0.25) is 5.82 Å². The van der Waals surface area contributed by atoms with Crippen LogP contribution in [0, 0.1) is 0 Å². The molecule has 190 valence electrons. The molecule has 0 aliphatic carbocycles. The van der Waals surface area contributed by atoms with Gasteiger partial charge in [-0.3, -0.25) is 9.78 Å². The molecule has 4 N–H and O–H groups in total. The van der Waals surface area contributed by atoms with Crippen LogP contribution in [0.4, 0.5) is 0 Å². The van der Waals surface area contributed by atoms with Gasteiger partial charge in [0, 0.05) is 22.5 Å². The molecule has 0 radical (unpaired) electrons. The molecule has 9 nitrogen and oxygen atoms in total.